The summed E-state index contributed by atoms with van der Waals surface area (Å²) in [6, 6.07) is 13.6. The maximum absolute atomic E-state index is 12.0. The normalized spacial score (nSPS) is 15.5. The number of ether oxygens (including phenoxy) is 1. The number of thiazole rings is 1. The number of aliphatic carboxylic acids is 1. The molecule has 0 amide bonds. The van der Waals surface area contributed by atoms with E-state index in [9.17, 15) is 14.7 Å². The van der Waals surface area contributed by atoms with E-state index >= 15 is 0 Å². The number of fused-ring (bicyclic) bond motifs is 1. The van der Waals surface area contributed by atoms with E-state index in [0.717, 1.165) is 64.2 Å². The molecule has 1 fully saturated rings. The van der Waals surface area contributed by atoms with Crippen LogP contribution in [-0.2, 0) is 27.3 Å². The van der Waals surface area contributed by atoms with Crippen LogP contribution in [0, 0.1) is 5.92 Å². The summed E-state index contributed by atoms with van der Waals surface area (Å²) in [7, 11) is 0. The molecule has 2 heterocycles. The van der Waals surface area contributed by atoms with Crippen LogP contribution in [-0.4, -0.2) is 59.7 Å². The lowest BCUT2D eigenvalue weighted by molar-refractivity contribution is -0.158. The molecule has 1 unspecified atom stereocenters. The van der Waals surface area contributed by atoms with Gasteiger partial charge in [0, 0.05) is 37.7 Å². The van der Waals surface area contributed by atoms with Gasteiger partial charge in [-0.05, 0) is 42.7 Å². The molecule has 1 aliphatic rings. The highest BCUT2D eigenvalue weighted by atomic mass is 35.5. The van der Waals surface area contributed by atoms with Crippen molar-refractivity contribution in [3.8, 4) is 0 Å². The Hall–Kier alpha value is -2.68. The second-order valence-corrected chi connectivity index (χ2v) is 9.48. The van der Waals surface area contributed by atoms with Crippen LogP contribution in [0.1, 0.15) is 18.1 Å². The molecular weight excluding hydrogens is 462 g/mol. The highest BCUT2D eigenvalue weighted by Gasteiger charge is 2.28. The van der Waals surface area contributed by atoms with Gasteiger partial charge in [0.15, 0.2) is 11.0 Å². The second-order valence-electron chi connectivity index (χ2n) is 8.04. The molecule has 0 spiro atoms. The smallest absolute Gasteiger partial charge is 0.320 e. The van der Waals surface area contributed by atoms with E-state index in [1.165, 1.54) is 0 Å². The molecule has 1 atom stereocenters. The minimum atomic E-state index is -1.19. The number of carbonyl (C=O) groups is 2. The Labute approximate surface area is 201 Å². The Balaban J connectivity index is 1.35. The van der Waals surface area contributed by atoms with Gasteiger partial charge in [0.25, 0.3) is 0 Å². The summed E-state index contributed by atoms with van der Waals surface area (Å²) < 4.78 is 6.01. The van der Waals surface area contributed by atoms with E-state index in [-0.39, 0.29) is 13.0 Å². The summed E-state index contributed by atoms with van der Waals surface area (Å²) in [6.45, 7) is 6.19. The topological polar surface area (TPSA) is 83.0 Å². The Bertz CT molecular complexity index is 1140. The van der Waals surface area contributed by atoms with Gasteiger partial charge in [-0.2, -0.15) is 0 Å². The number of rotatable bonds is 8. The number of aromatic nitrogens is 1. The highest BCUT2D eigenvalue weighted by molar-refractivity contribution is 7.22. The zero-order chi connectivity index (χ0) is 23.4. The lowest BCUT2D eigenvalue weighted by Gasteiger charge is -2.34. The number of piperazine rings is 1. The average molecular weight is 488 g/mol. The third kappa shape index (κ3) is 5.82. The maximum atomic E-state index is 12.0. The largest absolute Gasteiger partial charge is 0.481 e. The van der Waals surface area contributed by atoms with Crippen LogP contribution in [0.15, 0.2) is 42.5 Å². The zero-order valence-corrected chi connectivity index (χ0v) is 19.9. The molecular formula is C24H26ClN3O4S. The van der Waals surface area contributed by atoms with Crippen molar-refractivity contribution < 1.29 is 19.4 Å². The summed E-state index contributed by atoms with van der Waals surface area (Å²) >= 11 is 7.77. The van der Waals surface area contributed by atoms with Gasteiger partial charge in [-0.1, -0.05) is 47.2 Å². The number of halogens is 1. The van der Waals surface area contributed by atoms with E-state index in [1.54, 1.807) is 18.3 Å². The molecule has 1 aromatic heterocycles. The number of esters is 1. The first-order valence-corrected chi connectivity index (χ1v) is 12.1. The number of hydrogen-bond donors (Lipinski definition) is 1. The summed E-state index contributed by atoms with van der Waals surface area (Å²) in [5.74, 6) is -3.04. The first kappa shape index (κ1) is 23.5. The molecule has 7 nitrogen and oxygen atoms in total. The molecule has 1 aliphatic heterocycles. The Morgan fingerprint density at radius 2 is 1.91 bits per heavy atom. The fraction of sp³-hybridized carbons (Fsp3) is 0.375. The van der Waals surface area contributed by atoms with Crippen LogP contribution in [0.25, 0.3) is 10.2 Å². The van der Waals surface area contributed by atoms with Crippen LogP contribution in [0.4, 0.5) is 5.13 Å². The van der Waals surface area contributed by atoms with Crippen LogP contribution in [0.5, 0.6) is 0 Å². The van der Waals surface area contributed by atoms with Gasteiger partial charge in [0.2, 0.25) is 0 Å². The van der Waals surface area contributed by atoms with Crippen molar-refractivity contribution in [3.05, 3.63) is 58.6 Å². The van der Waals surface area contributed by atoms with Gasteiger partial charge in [0.1, 0.15) is 0 Å². The molecule has 33 heavy (non-hydrogen) atoms. The standard InChI is InChI=1S/C24H26ClN3O4S/c1-2-32-23(31)19(22(29)30)13-16-4-3-5-17(12-16)15-27-8-10-28(11-9-27)24-26-20-7-6-18(25)14-21(20)33-24/h3-7,12,14,19H,2,8-11,13,15H2,1H3,(H,29,30). The van der Waals surface area contributed by atoms with Gasteiger partial charge >= 0.3 is 11.9 Å². The summed E-state index contributed by atoms with van der Waals surface area (Å²) in [6.07, 6.45) is 0.122. The van der Waals surface area contributed by atoms with Crippen LogP contribution in [0.2, 0.25) is 5.02 Å². The van der Waals surface area contributed by atoms with Crippen LogP contribution < -0.4 is 4.90 Å². The van der Waals surface area contributed by atoms with Crippen LogP contribution >= 0.6 is 22.9 Å². The lowest BCUT2D eigenvalue weighted by atomic mass is 9.98. The van der Waals surface area contributed by atoms with Crippen molar-refractivity contribution in [1.82, 2.24) is 9.88 Å². The quantitative estimate of drug-likeness (QED) is 0.378. The fourth-order valence-electron chi connectivity index (χ4n) is 3.98. The number of carboxylic acids is 1. The third-order valence-electron chi connectivity index (χ3n) is 5.69. The monoisotopic (exact) mass is 487 g/mol. The van der Waals surface area contributed by atoms with E-state index in [1.807, 2.05) is 42.5 Å². The zero-order valence-electron chi connectivity index (χ0n) is 18.4. The number of hydrogen-bond acceptors (Lipinski definition) is 7. The van der Waals surface area contributed by atoms with Gasteiger partial charge in [-0.25, -0.2) is 4.98 Å². The molecule has 2 aromatic carbocycles. The predicted octanol–water partition coefficient (Wildman–Crippen LogP) is 4.08. The fourth-order valence-corrected chi connectivity index (χ4v) is 5.28. The molecule has 9 heteroatoms. The van der Waals surface area contributed by atoms with Crippen molar-refractivity contribution >= 4 is 50.2 Å². The van der Waals surface area contributed by atoms with E-state index in [4.69, 9.17) is 21.3 Å². The van der Waals surface area contributed by atoms with E-state index < -0.39 is 17.9 Å². The third-order valence-corrected chi connectivity index (χ3v) is 7.00. The molecule has 1 saturated heterocycles. The molecule has 0 radical (unpaired) electrons. The summed E-state index contributed by atoms with van der Waals surface area (Å²) in [5.41, 5.74) is 2.89. The predicted molar refractivity (Wildman–Crippen MR) is 130 cm³/mol. The second kappa shape index (κ2) is 10.5. The lowest BCUT2D eigenvalue weighted by Crippen LogP contribution is -2.45. The molecule has 0 bridgehead atoms. The van der Waals surface area contributed by atoms with Crippen molar-refractivity contribution in [1.29, 1.82) is 0 Å². The van der Waals surface area contributed by atoms with Gasteiger partial charge in [-0.3, -0.25) is 14.5 Å². The summed E-state index contributed by atoms with van der Waals surface area (Å²) in [4.78, 5) is 32.9. The van der Waals surface area contributed by atoms with Gasteiger partial charge in [-0.15, -0.1) is 0 Å². The van der Waals surface area contributed by atoms with Gasteiger partial charge < -0.3 is 14.7 Å². The molecule has 1 N–H and O–H groups in total. The molecule has 4 rings (SSSR count). The first-order chi connectivity index (χ1) is 15.9. The molecule has 174 valence electrons. The average Bonchev–Trinajstić information content (AvgIpc) is 3.21. The number of benzene rings is 2. The van der Waals surface area contributed by atoms with E-state index in [2.05, 4.69) is 9.80 Å². The van der Waals surface area contributed by atoms with Crippen molar-refractivity contribution in [2.45, 2.75) is 19.9 Å². The van der Waals surface area contributed by atoms with Gasteiger partial charge in [0.05, 0.1) is 16.8 Å². The van der Waals surface area contributed by atoms with Crippen molar-refractivity contribution in [2.75, 3.05) is 37.7 Å². The van der Waals surface area contributed by atoms with E-state index in [0.29, 0.717) is 0 Å². The minimum absolute atomic E-state index is 0.122. The SMILES string of the molecule is CCOC(=O)C(Cc1cccc(CN2CCN(c3nc4ccc(Cl)cc4s3)CC2)c1)C(=O)O. The molecule has 3 aromatic rings. The highest BCUT2D eigenvalue weighted by Crippen LogP contribution is 2.31. The Morgan fingerprint density at radius 3 is 2.64 bits per heavy atom. The number of nitrogens with zero attached hydrogens (tertiary/aromatic N) is 3. The number of carboxylic acid groups (broad SMARTS) is 1. The minimum Gasteiger partial charge on any atom is -0.481 e. The first-order valence-electron chi connectivity index (χ1n) is 10.9. The Kier molecular flexibility index (Phi) is 7.47. The molecule has 0 aliphatic carbocycles. The number of carbonyl (C=O) groups excluding carboxylic acids is 1. The molecule has 0 saturated carbocycles. The maximum Gasteiger partial charge on any atom is 0.320 e. The summed E-state index contributed by atoms with van der Waals surface area (Å²) in [5, 5.41) is 11.2. The number of anilines is 1. The van der Waals surface area contributed by atoms with Crippen molar-refractivity contribution in [2.24, 2.45) is 5.92 Å². The van der Waals surface area contributed by atoms with Crippen molar-refractivity contribution in [3.63, 3.8) is 0 Å². The Morgan fingerprint density at radius 1 is 1.15 bits per heavy atom. The van der Waals surface area contributed by atoms with Crippen LogP contribution in [0.3, 0.4) is 0 Å².